The first-order valence-electron chi connectivity index (χ1n) is 6.79. The van der Waals surface area contributed by atoms with Crippen LogP contribution in [-0.2, 0) is 0 Å². The molecule has 0 atom stereocenters. The van der Waals surface area contributed by atoms with Gasteiger partial charge in [-0.15, -0.1) is 0 Å². The van der Waals surface area contributed by atoms with Crippen molar-refractivity contribution in [1.82, 2.24) is 9.80 Å². The zero-order chi connectivity index (χ0) is 14.3. The molecule has 0 radical (unpaired) electrons. The number of hydrogen-bond acceptors (Lipinski definition) is 3. The van der Waals surface area contributed by atoms with E-state index in [1.54, 1.807) is 4.90 Å². The van der Waals surface area contributed by atoms with Gasteiger partial charge in [0.05, 0.1) is 5.56 Å². The first kappa shape index (κ1) is 15.5. The summed E-state index contributed by atoms with van der Waals surface area (Å²) in [7, 11) is 5.87. The monoisotopic (exact) mass is 263 g/mol. The first-order valence-corrected chi connectivity index (χ1v) is 6.79. The lowest BCUT2D eigenvalue weighted by Gasteiger charge is -2.21. The van der Waals surface area contributed by atoms with Crippen molar-refractivity contribution >= 4 is 11.6 Å². The summed E-state index contributed by atoms with van der Waals surface area (Å²) in [5, 5.41) is 3.31. The number of anilines is 1. The Kier molecular flexibility index (Phi) is 6.36. The van der Waals surface area contributed by atoms with Crippen LogP contribution in [0.25, 0.3) is 0 Å². The maximum absolute atomic E-state index is 12.4. The molecule has 0 aliphatic heterocycles. The Labute approximate surface area is 116 Å². The molecule has 0 bridgehead atoms. The number of carbonyl (C=O) groups excluding carboxylic acids is 1. The number of likely N-dealkylation sites (N-methyl/N-ethyl adjacent to an activating group) is 2. The maximum Gasteiger partial charge on any atom is 0.255 e. The predicted octanol–water partition coefficient (Wildman–Crippen LogP) is 2.14. The maximum atomic E-state index is 12.4. The lowest BCUT2D eigenvalue weighted by Crippen LogP contribution is -2.33. The first-order chi connectivity index (χ1) is 9.06. The second kappa shape index (κ2) is 7.79. The van der Waals surface area contributed by atoms with E-state index in [9.17, 15) is 4.79 Å². The molecule has 0 aliphatic rings. The molecule has 0 fully saturated rings. The molecule has 1 aromatic carbocycles. The molecule has 0 saturated carbocycles. The van der Waals surface area contributed by atoms with Crippen LogP contribution in [0.3, 0.4) is 0 Å². The van der Waals surface area contributed by atoms with Crippen molar-refractivity contribution in [2.24, 2.45) is 0 Å². The molecule has 0 aliphatic carbocycles. The third kappa shape index (κ3) is 4.91. The summed E-state index contributed by atoms with van der Waals surface area (Å²) in [5.41, 5.74) is 1.67. The molecule has 106 valence electrons. The number of hydrogen-bond donors (Lipinski definition) is 1. The topological polar surface area (TPSA) is 35.6 Å². The van der Waals surface area contributed by atoms with Crippen LogP contribution in [0.2, 0.25) is 0 Å². The van der Waals surface area contributed by atoms with Crippen LogP contribution in [0.5, 0.6) is 0 Å². The van der Waals surface area contributed by atoms with Gasteiger partial charge in [-0.05, 0) is 32.6 Å². The average molecular weight is 263 g/mol. The van der Waals surface area contributed by atoms with Crippen molar-refractivity contribution < 1.29 is 4.79 Å². The van der Waals surface area contributed by atoms with E-state index < -0.39 is 0 Å². The van der Waals surface area contributed by atoms with Gasteiger partial charge in [0, 0.05) is 32.4 Å². The summed E-state index contributed by atoms with van der Waals surface area (Å²) in [6.45, 7) is 4.59. The fraction of sp³-hybridized carbons (Fsp3) is 0.533. The van der Waals surface area contributed by atoms with Gasteiger partial charge in [-0.1, -0.05) is 19.1 Å². The van der Waals surface area contributed by atoms with Gasteiger partial charge in [0.1, 0.15) is 0 Å². The van der Waals surface area contributed by atoms with E-state index in [0.717, 1.165) is 37.3 Å². The fourth-order valence-electron chi connectivity index (χ4n) is 1.74. The SMILES string of the molecule is CCCNc1ccccc1C(=O)N(C)CCN(C)C. The van der Waals surface area contributed by atoms with Gasteiger partial charge in [-0.25, -0.2) is 0 Å². The van der Waals surface area contributed by atoms with Crippen LogP contribution < -0.4 is 5.32 Å². The lowest BCUT2D eigenvalue weighted by molar-refractivity contribution is 0.0787. The highest BCUT2D eigenvalue weighted by molar-refractivity contribution is 5.99. The minimum absolute atomic E-state index is 0.0704. The summed E-state index contributed by atoms with van der Waals surface area (Å²) in [6, 6.07) is 7.70. The van der Waals surface area contributed by atoms with Crippen LogP contribution in [0.1, 0.15) is 23.7 Å². The fourth-order valence-corrected chi connectivity index (χ4v) is 1.74. The van der Waals surface area contributed by atoms with Gasteiger partial charge in [-0.3, -0.25) is 4.79 Å². The zero-order valence-electron chi connectivity index (χ0n) is 12.4. The highest BCUT2D eigenvalue weighted by Gasteiger charge is 2.15. The molecule has 0 saturated heterocycles. The van der Waals surface area contributed by atoms with Gasteiger partial charge < -0.3 is 15.1 Å². The second-order valence-electron chi connectivity index (χ2n) is 5.00. The third-order valence-electron chi connectivity index (χ3n) is 2.95. The molecule has 0 spiro atoms. The molecule has 1 amide bonds. The minimum Gasteiger partial charge on any atom is -0.384 e. The van der Waals surface area contributed by atoms with E-state index in [4.69, 9.17) is 0 Å². The van der Waals surface area contributed by atoms with Crippen LogP contribution in [-0.4, -0.2) is 56.5 Å². The molecule has 1 aromatic rings. The number of carbonyl (C=O) groups is 1. The summed E-state index contributed by atoms with van der Waals surface area (Å²) >= 11 is 0. The lowest BCUT2D eigenvalue weighted by atomic mass is 10.1. The summed E-state index contributed by atoms with van der Waals surface area (Å²) in [5.74, 6) is 0.0704. The van der Waals surface area contributed by atoms with Crippen LogP contribution >= 0.6 is 0 Å². The minimum atomic E-state index is 0.0704. The normalized spacial score (nSPS) is 10.6. The predicted molar refractivity (Wildman–Crippen MR) is 80.7 cm³/mol. The molecule has 0 aromatic heterocycles. The van der Waals surface area contributed by atoms with Gasteiger partial charge in [-0.2, -0.15) is 0 Å². The number of benzene rings is 1. The van der Waals surface area contributed by atoms with E-state index in [2.05, 4.69) is 17.1 Å². The standard InChI is InChI=1S/C15H25N3O/c1-5-10-16-14-9-7-6-8-13(14)15(19)18(4)12-11-17(2)3/h6-9,16H,5,10-12H2,1-4H3. The number of rotatable bonds is 7. The third-order valence-corrected chi connectivity index (χ3v) is 2.95. The Morgan fingerprint density at radius 1 is 1.16 bits per heavy atom. The molecule has 1 rings (SSSR count). The van der Waals surface area contributed by atoms with E-state index in [-0.39, 0.29) is 5.91 Å². The Balaban J connectivity index is 2.74. The largest absolute Gasteiger partial charge is 0.384 e. The number of nitrogens with zero attached hydrogens (tertiary/aromatic N) is 2. The van der Waals surface area contributed by atoms with E-state index in [0.29, 0.717) is 0 Å². The van der Waals surface area contributed by atoms with Crippen molar-refractivity contribution in [3.8, 4) is 0 Å². The molecular weight excluding hydrogens is 238 g/mol. The van der Waals surface area contributed by atoms with Gasteiger partial charge in [0.2, 0.25) is 0 Å². The van der Waals surface area contributed by atoms with Crippen molar-refractivity contribution in [3.05, 3.63) is 29.8 Å². The Hall–Kier alpha value is -1.55. The van der Waals surface area contributed by atoms with Crippen molar-refractivity contribution in [3.63, 3.8) is 0 Å². The van der Waals surface area contributed by atoms with Crippen molar-refractivity contribution in [2.75, 3.05) is 46.1 Å². The van der Waals surface area contributed by atoms with E-state index in [1.807, 2.05) is 45.4 Å². The number of amides is 1. The molecule has 4 heteroatoms. The number of nitrogens with one attached hydrogen (secondary N) is 1. The summed E-state index contributed by atoms with van der Waals surface area (Å²) in [4.78, 5) is 16.3. The van der Waals surface area contributed by atoms with Gasteiger partial charge in [0.15, 0.2) is 0 Å². The summed E-state index contributed by atoms with van der Waals surface area (Å²) < 4.78 is 0. The smallest absolute Gasteiger partial charge is 0.255 e. The second-order valence-corrected chi connectivity index (χ2v) is 5.00. The summed E-state index contributed by atoms with van der Waals surface area (Å²) in [6.07, 6.45) is 1.04. The average Bonchev–Trinajstić information content (AvgIpc) is 2.42. The van der Waals surface area contributed by atoms with E-state index >= 15 is 0 Å². The van der Waals surface area contributed by atoms with Crippen molar-refractivity contribution in [1.29, 1.82) is 0 Å². The number of para-hydroxylation sites is 1. The molecule has 1 N–H and O–H groups in total. The molecule has 19 heavy (non-hydrogen) atoms. The Bertz CT molecular complexity index is 404. The van der Waals surface area contributed by atoms with Crippen LogP contribution in [0.4, 0.5) is 5.69 Å². The molecule has 0 unspecified atom stereocenters. The molecule has 0 heterocycles. The molecule has 4 nitrogen and oxygen atoms in total. The quantitative estimate of drug-likeness (QED) is 0.818. The highest BCUT2D eigenvalue weighted by atomic mass is 16.2. The Morgan fingerprint density at radius 3 is 2.47 bits per heavy atom. The van der Waals surface area contributed by atoms with Gasteiger partial charge in [0.25, 0.3) is 5.91 Å². The van der Waals surface area contributed by atoms with E-state index in [1.165, 1.54) is 0 Å². The van der Waals surface area contributed by atoms with Gasteiger partial charge >= 0.3 is 0 Å². The zero-order valence-corrected chi connectivity index (χ0v) is 12.4. The van der Waals surface area contributed by atoms with Crippen molar-refractivity contribution in [2.45, 2.75) is 13.3 Å². The highest BCUT2D eigenvalue weighted by Crippen LogP contribution is 2.16. The van der Waals surface area contributed by atoms with Crippen LogP contribution in [0, 0.1) is 0 Å². The Morgan fingerprint density at radius 2 is 1.84 bits per heavy atom. The molecular formula is C15H25N3O. The van der Waals surface area contributed by atoms with Crippen LogP contribution in [0.15, 0.2) is 24.3 Å².